The largest absolute Gasteiger partial charge is 0.398 e. The number of benzene rings is 1. The summed E-state index contributed by atoms with van der Waals surface area (Å²) in [4.78, 5) is 8.52. The normalized spacial score (nSPS) is 10.7. The first kappa shape index (κ1) is 12.4. The predicted octanol–water partition coefficient (Wildman–Crippen LogP) is 3.13. The Balaban J connectivity index is 1.95. The molecule has 0 radical (unpaired) electrons. The van der Waals surface area contributed by atoms with Gasteiger partial charge in [-0.2, -0.15) is 0 Å². The molecule has 0 saturated carbocycles. The van der Waals surface area contributed by atoms with Gasteiger partial charge >= 0.3 is 0 Å². The molecule has 0 atom stereocenters. The highest BCUT2D eigenvalue weighted by atomic mass is 15.0. The SMILES string of the molecule is Cc1cc(N)c2ccnc(NCc3cccnc3)c2c1. The van der Waals surface area contributed by atoms with Crippen LogP contribution in [0.3, 0.4) is 0 Å². The second kappa shape index (κ2) is 5.17. The van der Waals surface area contributed by atoms with E-state index in [1.54, 1.807) is 12.4 Å². The predicted molar refractivity (Wildman–Crippen MR) is 82.5 cm³/mol. The van der Waals surface area contributed by atoms with Crippen molar-refractivity contribution < 1.29 is 0 Å². The second-order valence-corrected chi connectivity index (χ2v) is 4.82. The number of hydrogen-bond donors (Lipinski definition) is 2. The molecule has 0 unspecified atom stereocenters. The monoisotopic (exact) mass is 264 g/mol. The van der Waals surface area contributed by atoms with Crippen molar-refractivity contribution in [2.45, 2.75) is 13.5 Å². The second-order valence-electron chi connectivity index (χ2n) is 4.82. The Morgan fingerprint density at radius 3 is 2.85 bits per heavy atom. The van der Waals surface area contributed by atoms with Crippen molar-refractivity contribution in [3.63, 3.8) is 0 Å². The van der Waals surface area contributed by atoms with Crippen LogP contribution in [0, 0.1) is 6.92 Å². The summed E-state index contributed by atoms with van der Waals surface area (Å²) >= 11 is 0. The van der Waals surface area contributed by atoms with Crippen molar-refractivity contribution in [2.24, 2.45) is 0 Å². The van der Waals surface area contributed by atoms with Crippen LogP contribution in [0.15, 0.2) is 48.9 Å². The van der Waals surface area contributed by atoms with Crippen molar-refractivity contribution >= 4 is 22.3 Å². The van der Waals surface area contributed by atoms with E-state index >= 15 is 0 Å². The summed E-state index contributed by atoms with van der Waals surface area (Å²) in [5.41, 5.74) is 9.10. The smallest absolute Gasteiger partial charge is 0.134 e. The van der Waals surface area contributed by atoms with Crippen LogP contribution in [-0.4, -0.2) is 9.97 Å². The van der Waals surface area contributed by atoms with E-state index in [2.05, 4.69) is 21.4 Å². The zero-order valence-electron chi connectivity index (χ0n) is 11.3. The molecule has 3 N–H and O–H groups in total. The van der Waals surface area contributed by atoms with Crippen LogP contribution in [0.5, 0.6) is 0 Å². The molecule has 2 aromatic heterocycles. The average Bonchev–Trinajstić information content (AvgIpc) is 2.46. The number of nitrogens with two attached hydrogens (primary N) is 1. The molecule has 0 saturated heterocycles. The zero-order chi connectivity index (χ0) is 13.9. The zero-order valence-corrected chi connectivity index (χ0v) is 11.3. The molecule has 0 aliphatic heterocycles. The fraction of sp³-hybridized carbons (Fsp3) is 0.125. The number of rotatable bonds is 3. The Kier molecular flexibility index (Phi) is 3.21. The van der Waals surface area contributed by atoms with E-state index in [0.717, 1.165) is 33.4 Å². The molecule has 0 aliphatic rings. The number of aryl methyl sites for hydroxylation is 1. The lowest BCUT2D eigenvalue weighted by molar-refractivity contribution is 1.09. The van der Waals surface area contributed by atoms with E-state index in [-0.39, 0.29) is 0 Å². The number of nitrogens with zero attached hydrogens (tertiary/aromatic N) is 2. The first-order valence-corrected chi connectivity index (χ1v) is 6.51. The van der Waals surface area contributed by atoms with E-state index in [1.165, 1.54) is 0 Å². The average molecular weight is 264 g/mol. The topological polar surface area (TPSA) is 63.8 Å². The van der Waals surface area contributed by atoms with Gasteiger partial charge in [0.05, 0.1) is 0 Å². The first-order valence-electron chi connectivity index (χ1n) is 6.51. The van der Waals surface area contributed by atoms with Crippen LogP contribution in [0.1, 0.15) is 11.1 Å². The lowest BCUT2D eigenvalue weighted by Gasteiger charge is -2.11. The van der Waals surface area contributed by atoms with E-state index in [4.69, 9.17) is 5.73 Å². The summed E-state index contributed by atoms with van der Waals surface area (Å²) in [6, 6.07) is 9.98. The third-order valence-corrected chi connectivity index (χ3v) is 3.24. The standard InChI is InChI=1S/C16H16N4/c1-11-7-14-13(15(17)8-11)4-6-19-16(14)20-10-12-3-2-5-18-9-12/h2-9H,10,17H2,1H3,(H,19,20). The maximum absolute atomic E-state index is 6.07. The van der Waals surface area contributed by atoms with Gasteiger partial charge in [0.15, 0.2) is 0 Å². The lowest BCUT2D eigenvalue weighted by Crippen LogP contribution is -2.02. The molecule has 0 bridgehead atoms. The van der Waals surface area contributed by atoms with Crippen molar-refractivity contribution in [3.05, 3.63) is 60.0 Å². The van der Waals surface area contributed by atoms with E-state index in [0.29, 0.717) is 6.54 Å². The summed E-state index contributed by atoms with van der Waals surface area (Å²) in [5.74, 6) is 0.849. The quantitative estimate of drug-likeness (QED) is 0.713. The van der Waals surface area contributed by atoms with Gasteiger partial charge in [0, 0.05) is 41.6 Å². The van der Waals surface area contributed by atoms with Gasteiger partial charge in [-0.25, -0.2) is 4.98 Å². The summed E-state index contributed by atoms with van der Waals surface area (Å²) < 4.78 is 0. The molecule has 1 aromatic carbocycles. The van der Waals surface area contributed by atoms with Gasteiger partial charge in [0.2, 0.25) is 0 Å². The number of anilines is 2. The number of hydrogen-bond acceptors (Lipinski definition) is 4. The molecule has 0 fully saturated rings. The van der Waals surface area contributed by atoms with Crippen LogP contribution < -0.4 is 11.1 Å². The third kappa shape index (κ3) is 2.40. The molecule has 2 heterocycles. The van der Waals surface area contributed by atoms with Crippen molar-refractivity contribution in [1.82, 2.24) is 9.97 Å². The molecule has 4 nitrogen and oxygen atoms in total. The van der Waals surface area contributed by atoms with Gasteiger partial charge in [-0.3, -0.25) is 4.98 Å². The van der Waals surface area contributed by atoms with Crippen LogP contribution in [0.2, 0.25) is 0 Å². The first-order chi connectivity index (χ1) is 9.74. The fourth-order valence-electron chi connectivity index (χ4n) is 2.29. The lowest BCUT2D eigenvalue weighted by atomic mass is 10.1. The number of nitrogens with one attached hydrogen (secondary N) is 1. The number of pyridine rings is 2. The highest BCUT2D eigenvalue weighted by Gasteiger charge is 2.05. The van der Waals surface area contributed by atoms with Crippen LogP contribution >= 0.6 is 0 Å². The van der Waals surface area contributed by atoms with Crippen LogP contribution in [0.4, 0.5) is 11.5 Å². The van der Waals surface area contributed by atoms with Crippen molar-refractivity contribution in [1.29, 1.82) is 0 Å². The molecule has 4 heteroatoms. The fourth-order valence-corrected chi connectivity index (χ4v) is 2.29. The van der Waals surface area contributed by atoms with Crippen molar-refractivity contribution in [2.75, 3.05) is 11.1 Å². The minimum absolute atomic E-state index is 0.688. The number of nitrogen functional groups attached to an aromatic ring is 1. The number of aromatic nitrogens is 2. The Morgan fingerprint density at radius 2 is 2.05 bits per heavy atom. The highest BCUT2D eigenvalue weighted by molar-refractivity contribution is 5.99. The minimum atomic E-state index is 0.688. The Bertz CT molecular complexity index is 738. The highest BCUT2D eigenvalue weighted by Crippen LogP contribution is 2.27. The van der Waals surface area contributed by atoms with Gasteiger partial charge < -0.3 is 11.1 Å². The minimum Gasteiger partial charge on any atom is -0.398 e. The molecule has 0 amide bonds. The van der Waals surface area contributed by atoms with Gasteiger partial charge in [0.1, 0.15) is 5.82 Å². The molecule has 3 rings (SSSR count). The van der Waals surface area contributed by atoms with Crippen LogP contribution in [-0.2, 0) is 6.54 Å². The molecule has 0 spiro atoms. The molecular weight excluding hydrogens is 248 g/mol. The molecule has 0 aliphatic carbocycles. The Labute approximate surface area is 117 Å². The summed E-state index contributed by atoms with van der Waals surface area (Å²) in [6.07, 6.45) is 5.39. The molecule has 100 valence electrons. The maximum Gasteiger partial charge on any atom is 0.134 e. The Hall–Kier alpha value is -2.62. The van der Waals surface area contributed by atoms with Crippen molar-refractivity contribution in [3.8, 4) is 0 Å². The van der Waals surface area contributed by atoms with Gasteiger partial charge in [0.25, 0.3) is 0 Å². The van der Waals surface area contributed by atoms with Crippen LogP contribution in [0.25, 0.3) is 10.8 Å². The van der Waals surface area contributed by atoms with E-state index in [1.807, 2.05) is 37.4 Å². The maximum atomic E-state index is 6.07. The van der Waals surface area contributed by atoms with Gasteiger partial charge in [-0.15, -0.1) is 0 Å². The molecular formula is C16H16N4. The van der Waals surface area contributed by atoms with E-state index < -0.39 is 0 Å². The summed E-state index contributed by atoms with van der Waals surface area (Å²) in [6.45, 7) is 2.72. The van der Waals surface area contributed by atoms with Gasteiger partial charge in [-0.1, -0.05) is 6.07 Å². The summed E-state index contributed by atoms with van der Waals surface area (Å²) in [7, 11) is 0. The third-order valence-electron chi connectivity index (χ3n) is 3.24. The molecule has 3 aromatic rings. The molecule has 20 heavy (non-hydrogen) atoms. The van der Waals surface area contributed by atoms with E-state index in [9.17, 15) is 0 Å². The number of fused-ring (bicyclic) bond motifs is 1. The Morgan fingerprint density at radius 1 is 1.15 bits per heavy atom. The summed E-state index contributed by atoms with van der Waals surface area (Å²) in [5, 5.41) is 5.43. The van der Waals surface area contributed by atoms with Gasteiger partial charge in [-0.05, 0) is 42.3 Å².